The number of esters is 1. The van der Waals surface area contributed by atoms with E-state index in [1.165, 1.54) is 16.7 Å². The summed E-state index contributed by atoms with van der Waals surface area (Å²) in [5.41, 5.74) is 1.54. The number of nitrogens with zero attached hydrogens (tertiary/aromatic N) is 2. The molecule has 2 fully saturated rings. The number of hydrogen-bond donors (Lipinski definition) is 1. The first-order chi connectivity index (χ1) is 15.5. The number of thioether (sulfide) groups is 1. The van der Waals surface area contributed by atoms with Gasteiger partial charge in [-0.3, -0.25) is 9.69 Å². The molecule has 1 unspecified atom stereocenters. The minimum absolute atomic E-state index is 0.109. The smallest absolute Gasteiger partial charge is 0.415 e. The molecule has 0 saturated carbocycles. The Morgan fingerprint density at radius 1 is 1.27 bits per heavy atom. The number of cyclic esters (lactones) is 1. The lowest BCUT2D eigenvalue weighted by molar-refractivity contribution is -0.163. The van der Waals surface area contributed by atoms with Gasteiger partial charge in [-0.05, 0) is 52.4 Å². The molecular weight excluding hydrogens is 446 g/mol. The number of piperidine rings is 1. The van der Waals surface area contributed by atoms with Crippen LogP contribution in [0.4, 0.5) is 4.79 Å². The molecule has 3 aliphatic rings. The SMILES string of the molecule is CSC1=C(C)C(N2CC(C(=O)N3CCC(OCC(=O)OC(C)(C)C)CC3)OC2=O)=CCC1=N. The monoisotopic (exact) mass is 479 g/mol. The Hall–Kier alpha value is -2.33. The number of carbonyl (C=O) groups is 3. The highest BCUT2D eigenvalue weighted by molar-refractivity contribution is 8.03. The number of rotatable bonds is 6. The average Bonchev–Trinajstić information content (AvgIpc) is 3.12. The van der Waals surface area contributed by atoms with Crippen LogP contribution in [0.1, 0.15) is 47.0 Å². The third-order valence-corrected chi connectivity index (χ3v) is 6.65. The number of nitrogens with one attached hydrogen (secondary N) is 1. The number of hydrogen-bond acceptors (Lipinski definition) is 8. The molecule has 0 bridgehead atoms. The van der Waals surface area contributed by atoms with Gasteiger partial charge in [-0.2, -0.15) is 0 Å². The van der Waals surface area contributed by atoms with Crippen molar-refractivity contribution in [3.8, 4) is 0 Å². The number of carbonyl (C=O) groups excluding carboxylic acids is 3. The van der Waals surface area contributed by atoms with Gasteiger partial charge in [0.05, 0.1) is 12.6 Å². The van der Waals surface area contributed by atoms with Crippen LogP contribution in [0, 0.1) is 5.41 Å². The van der Waals surface area contributed by atoms with Gasteiger partial charge < -0.3 is 24.5 Å². The van der Waals surface area contributed by atoms with Crippen LogP contribution in [0.3, 0.4) is 0 Å². The molecule has 2 saturated heterocycles. The van der Waals surface area contributed by atoms with Gasteiger partial charge in [-0.15, -0.1) is 11.8 Å². The van der Waals surface area contributed by atoms with E-state index in [4.69, 9.17) is 19.6 Å². The zero-order chi connectivity index (χ0) is 24.3. The molecule has 2 heterocycles. The van der Waals surface area contributed by atoms with Gasteiger partial charge in [0, 0.05) is 35.8 Å². The Morgan fingerprint density at radius 3 is 2.55 bits per heavy atom. The van der Waals surface area contributed by atoms with Crippen LogP contribution in [0.5, 0.6) is 0 Å². The highest BCUT2D eigenvalue weighted by Crippen LogP contribution is 2.33. The third-order valence-electron chi connectivity index (χ3n) is 5.69. The minimum atomic E-state index is -0.857. The maximum atomic E-state index is 13.0. The van der Waals surface area contributed by atoms with Gasteiger partial charge >= 0.3 is 12.1 Å². The Balaban J connectivity index is 1.51. The van der Waals surface area contributed by atoms with Crippen molar-refractivity contribution in [1.82, 2.24) is 9.80 Å². The molecule has 1 aliphatic carbocycles. The highest BCUT2D eigenvalue weighted by atomic mass is 32.2. The van der Waals surface area contributed by atoms with E-state index in [0.717, 1.165) is 10.5 Å². The molecule has 2 aliphatic heterocycles. The van der Waals surface area contributed by atoms with Crippen molar-refractivity contribution in [3.05, 3.63) is 22.3 Å². The summed E-state index contributed by atoms with van der Waals surface area (Å²) in [5.74, 6) is -0.618. The van der Waals surface area contributed by atoms with E-state index in [9.17, 15) is 14.4 Å². The Morgan fingerprint density at radius 2 is 1.94 bits per heavy atom. The summed E-state index contributed by atoms with van der Waals surface area (Å²) in [6.45, 7) is 8.30. The van der Waals surface area contributed by atoms with Crippen molar-refractivity contribution < 1.29 is 28.6 Å². The fraction of sp³-hybridized carbons (Fsp3) is 0.652. The lowest BCUT2D eigenvalue weighted by Gasteiger charge is -2.33. The summed E-state index contributed by atoms with van der Waals surface area (Å²) in [5, 5.41) is 8.08. The van der Waals surface area contributed by atoms with E-state index in [1.807, 2.05) is 19.3 Å². The van der Waals surface area contributed by atoms with Gasteiger partial charge in [0.15, 0.2) is 6.10 Å². The Kier molecular flexibility index (Phi) is 7.89. The van der Waals surface area contributed by atoms with Crippen LogP contribution in [-0.4, -0.2) is 83.8 Å². The largest absolute Gasteiger partial charge is 0.458 e. The number of ether oxygens (including phenoxy) is 3. The van der Waals surface area contributed by atoms with E-state index in [-0.39, 0.29) is 25.2 Å². The van der Waals surface area contributed by atoms with Crippen LogP contribution in [0.25, 0.3) is 0 Å². The molecule has 0 aromatic carbocycles. The molecule has 182 valence electrons. The first-order valence-electron chi connectivity index (χ1n) is 11.1. The number of amides is 2. The van der Waals surface area contributed by atoms with Crippen LogP contribution in [-0.2, 0) is 23.8 Å². The van der Waals surface area contributed by atoms with Gasteiger partial charge in [0.2, 0.25) is 0 Å². The van der Waals surface area contributed by atoms with Crippen molar-refractivity contribution in [3.63, 3.8) is 0 Å². The molecule has 2 amide bonds. The summed E-state index contributed by atoms with van der Waals surface area (Å²) >= 11 is 1.48. The average molecular weight is 480 g/mol. The molecule has 3 rings (SSSR count). The number of allylic oxidation sites excluding steroid dienone is 3. The van der Waals surface area contributed by atoms with Crippen molar-refractivity contribution in [1.29, 1.82) is 5.41 Å². The summed E-state index contributed by atoms with van der Waals surface area (Å²) in [6.07, 6.45) is 3.89. The summed E-state index contributed by atoms with van der Waals surface area (Å²) in [4.78, 5) is 41.4. The Labute approximate surface area is 199 Å². The van der Waals surface area contributed by atoms with E-state index in [2.05, 4.69) is 0 Å². The van der Waals surface area contributed by atoms with Crippen molar-refractivity contribution in [2.75, 3.05) is 32.5 Å². The topological polar surface area (TPSA) is 109 Å². The minimum Gasteiger partial charge on any atom is -0.458 e. The Bertz CT molecular complexity index is 883. The zero-order valence-electron chi connectivity index (χ0n) is 19.9. The predicted molar refractivity (Wildman–Crippen MR) is 125 cm³/mol. The van der Waals surface area contributed by atoms with Crippen molar-refractivity contribution in [2.24, 2.45) is 0 Å². The fourth-order valence-corrected chi connectivity index (χ4v) is 4.91. The molecule has 0 aromatic rings. The maximum Gasteiger partial charge on any atom is 0.415 e. The van der Waals surface area contributed by atoms with Crippen molar-refractivity contribution >= 4 is 35.4 Å². The lowest BCUT2D eigenvalue weighted by atomic mass is 10.0. The second kappa shape index (κ2) is 10.3. The first-order valence-corrected chi connectivity index (χ1v) is 12.4. The van der Waals surface area contributed by atoms with Crippen LogP contribution >= 0.6 is 11.8 Å². The molecule has 0 aromatic heterocycles. The van der Waals surface area contributed by atoms with E-state index in [1.54, 1.807) is 25.7 Å². The van der Waals surface area contributed by atoms with Crippen molar-refractivity contribution in [2.45, 2.75) is 64.8 Å². The summed E-state index contributed by atoms with van der Waals surface area (Å²) < 4.78 is 16.3. The zero-order valence-corrected chi connectivity index (χ0v) is 20.8. The normalized spacial score (nSPS) is 22.5. The van der Waals surface area contributed by atoms with Crippen LogP contribution in [0.2, 0.25) is 0 Å². The molecule has 9 nitrogen and oxygen atoms in total. The van der Waals surface area contributed by atoms with Gasteiger partial charge in [-0.25, -0.2) is 9.59 Å². The maximum absolute atomic E-state index is 13.0. The molecule has 1 N–H and O–H groups in total. The molecule has 0 radical (unpaired) electrons. The molecule has 10 heteroatoms. The summed E-state index contributed by atoms with van der Waals surface area (Å²) in [6, 6.07) is 0. The van der Waals surface area contributed by atoms with Gasteiger partial charge in [0.1, 0.15) is 12.2 Å². The third kappa shape index (κ3) is 6.17. The van der Waals surface area contributed by atoms with Gasteiger partial charge in [0.25, 0.3) is 5.91 Å². The van der Waals surface area contributed by atoms with Gasteiger partial charge in [-0.1, -0.05) is 6.08 Å². The molecule has 1 atom stereocenters. The van der Waals surface area contributed by atoms with E-state index < -0.39 is 23.8 Å². The van der Waals surface area contributed by atoms with Crippen LogP contribution < -0.4 is 0 Å². The quantitative estimate of drug-likeness (QED) is 0.583. The molecule has 0 spiro atoms. The highest BCUT2D eigenvalue weighted by Gasteiger charge is 2.41. The second-order valence-electron chi connectivity index (χ2n) is 9.34. The standard InChI is InChI=1S/C23H33N3O6S/c1-14-17(7-6-16(24)20(14)33-5)26-12-18(31-22(26)29)21(28)25-10-8-15(9-11-25)30-13-19(27)32-23(2,3)4/h7,15,18,24H,6,8-13H2,1-5H3. The summed E-state index contributed by atoms with van der Waals surface area (Å²) in [7, 11) is 0. The van der Waals surface area contributed by atoms with E-state index in [0.29, 0.717) is 43.8 Å². The predicted octanol–water partition coefficient (Wildman–Crippen LogP) is 3.10. The van der Waals surface area contributed by atoms with E-state index >= 15 is 0 Å². The fourth-order valence-electron chi connectivity index (χ4n) is 4.17. The first kappa shape index (κ1) is 25.3. The number of likely N-dealkylation sites (tertiary alicyclic amines) is 1. The lowest BCUT2D eigenvalue weighted by Crippen LogP contribution is -2.46. The van der Waals surface area contributed by atoms with Crippen LogP contribution in [0.15, 0.2) is 22.3 Å². The molecular formula is C23H33N3O6S. The second-order valence-corrected chi connectivity index (χ2v) is 10.2. The molecule has 33 heavy (non-hydrogen) atoms.